The number of carboxylic acids is 1. The predicted molar refractivity (Wildman–Crippen MR) is 119 cm³/mol. The summed E-state index contributed by atoms with van der Waals surface area (Å²) in [6, 6.07) is 5.95. The van der Waals surface area contributed by atoms with Crippen LogP contribution in [0.15, 0.2) is 30.3 Å². The van der Waals surface area contributed by atoms with Crippen LogP contribution in [0.2, 0.25) is 0 Å². The number of benzene rings is 1. The summed E-state index contributed by atoms with van der Waals surface area (Å²) in [5.41, 5.74) is -0.532. The molecule has 0 aliphatic carbocycles. The highest BCUT2D eigenvalue weighted by Gasteiger charge is 2.32. The van der Waals surface area contributed by atoms with Crippen molar-refractivity contribution >= 4 is 31.3 Å². The Labute approximate surface area is 193 Å². The fourth-order valence-electron chi connectivity index (χ4n) is 1.99. The van der Waals surface area contributed by atoms with E-state index in [1.165, 1.54) is 12.1 Å². The highest BCUT2D eigenvalue weighted by molar-refractivity contribution is 7.48. The largest absolute Gasteiger partial charge is 0.535 e. The van der Waals surface area contributed by atoms with E-state index < -0.39 is 50.1 Å². The van der Waals surface area contributed by atoms with Crippen molar-refractivity contribution in [1.29, 1.82) is 0 Å². The van der Waals surface area contributed by atoms with E-state index in [4.69, 9.17) is 28.2 Å². The van der Waals surface area contributed by atoms with Gasteiger partial charge in [0.25, 0.3) is 0 Å². The zero-order valence-corrected chi connectivity index (χ0v) is 20.8. The van der Waals surface area contributed by atoms with E-state index in [2.05, 4.69) is 0 Å². The molecule has 0 unspecified atom stereocenters. The van der Waals surface area contributed by atoms with Crippen molar-refractivity contribution < 1.29 is 47.1 Å². The molecule has 1 aromatic rings. The number of carbonyl (C=O) groups excluding carboxylic acids is 2. The standard InChI is InChI=1S/C22H31O10P/c1-15(12-18(23)24)16-8-10-17(11-9-16)32-33(27,30-13-28-19(25)21(2,3)4)31-14-29-20(26)22(5,6)7/h8-12H,13-14H2,1-7H3,(H,23,24). The van der Waals surface area contributed by atoms with Crippen molar-refractivity contribution in [1.82, 2.24) is 0 Å². The Hall–Kier alpha value is -2.68. The molecule has 0 spiro atoms. The summed E-state index contributed by atoms with van der Waals surface area (Å²) in [7, 11) is -4.38. The van der Waals surface area contributed by atoms with Crippen LogP contribution < -0.4 is 4.52 Å². The van der Waals surface area contributed by atoms with Gasteiger partial charge in [-0.3, -0.25) is 9.59 Å². The first kappa shape index (κ1) is 28.4. The molecule has 1 rings (SSSR count). The quantitative estimate of drug-likeness (QED) is 0.213. The lowest BCUT2D eigenvalue weighted by molar-refractivity contribution is -0.162. The number of esters is 2. The molecule has 0 atom stereocenters. The molecule has 0 aliphatic rings. The molecule has 1 N–H and O–H groups in total. The summed E-state index contributed by atoms with van der Waals surface area (Å²) in [5, 5.41) is 8.85. The van der Waals surface area contributed by atoms with Gasteiger partial charge in [-0.2, -0.15) is 0 Å². The van der Waals surface area contributed by atoms with Crippen LogP contribution in [0.3, 0.4) is 0 Å². The second-order valence-electron chi connectivity index (χ2n) is 9.09. The van der Waals surface area contributed by atoms with Gasteiger partial charge in [0.2, 0.25) is 13.6 Å². The van der Waals surface area contributed by atoms with Gasteiger partial charge in [-0.1, -0.05) is 12.1 Å². The highest BCUT2D eigenvalue weighted by atomic mass is 31.2. The predicted octanol–water partition coefficient (Wildman–Crippen LogP) is 4.79. The number of aliphatic carboxylic acids is 1. The number of phosphoric acid groups is 1. The Kier molecular flexibility index (Phi) is 9.84. The number of phosphoric ester groups is 1. The second kappa shape index (κ2) is 11.4. The number of carboxylic acid groups (broad SMARTS) is 1. The molecule has 0 radical (unpaired) electrons. The normalized spacial score (nSPS) is 12.8. The molecule has 0 bridgehead atoms. The van der Waals surface area contributed by atoms with E-state index in [0.717, 1.165) is 6.08 Å². The van der Waals surface area contributed by atoms with Crippen LogP contribution in [0, 0.1) is 10.8 Å². The molecule has 11 heteroatoms. The molecule has 33 heavy (non-hydrogen) atoms. The molecule has 0 aromatic heterocycles. The van der Waals surface area contributed by atoms with Crippen LogP contribution in [-0.4, -0.2) is 36.6 Å². The summed E-state index contributed by atoms with van der Waals surface area (Å²) >= 11 is 0. The third kappa shape index (κ3) is 10.2. The lowest BCUT2D eigenvalue weighted by Gasteiger charge is -2.21. The molecule has 1 aromatic carbocycles. The number of allylic oxidation sites excluding steroid dienone is 1. The van der Waals surface area contributed by atoms with E-state index in [0.29, 0.717) is 11.1 Å². The lowest BCUT2D eigenvalue weighted by Crippen LogP contribution is -2.25. The first-order valence-electron chi connectivity index (χ1n) is 9.98. The van der Waals surface area contributed by atoms with Crippen LogP contribution in [0.5, 0.6) is 5.75 Å². The van der Waals surface area contributed by atoms with Gasteiger partial charge in [-0.25, -0.2) is 18.4 Å². The molecule has 0 saturated heterocycles. The summed E-state index contributed by atoms with van der Waals surface area (Å²) in [6.45, 7) is 9.98. The Balaban J connectivity index is 2.94. The van der Waals surface area contributed by atoms with Crippen molar-refractivity contribution in [3.63, 3.8) is 0 Å². The number of carbonyl (C=O) groups is 3. The van der Waals surface area contributed by atoms with E-state index in [1.807, 2.05) is 0 Å². The van der Waals surface area contributed by atoms with Gasteiger partial charge >= 0.3 is 25.7 Å². The van der Waals surface area contributed by atoms with Gasteiger partial charge in [-0.05, 0) is 71.7 Å². The van der Waals surface area contributed by atoms with Crippen molar-refractivity contribution in [2.45, 2.75) is 48.5 Å². The zero-order chi connectivity index (χ0) is 25.4. The monoisotopic (exact) mass is 486 g/mol. The van der Waals surface area contributed by atoms with Crippen LogP contribution in [0.4, 0.5) is 0 Å². The topological polar surface area (TPSA) is 135 Å². The molecule has 184 valence electrons. The van der Waals surface area contributed by atoms with Crippen LogP contribution in [-0.2, 0) is 37.5 Å². The number of rotatable bonds is 10. The number of hydrogen-bond donors (Lipinski definition) is 1. The third-order valence-electron chi connectivity index (χ3n) is 3.89. The zero-order valence-electron chi connectivity index (χ0n) is 19.9. The maximum atomic E-state index is 13.1. The fourth-order valence-corrected chi connectivity index (χ4v) is 2.91. The summed E-state index contributed by atoms with van der Waals surface area (Å²) in [4.78, 5) is 34.6. The SMILES string of the molecule is CC(=CC(=O)O)c1ccc(OP(=O)(OCOC(=O)C(C)(C)C)OCOC(=O)C(C)(C)C)cc1. The van der Waals surface area contributed by atoms with E-state index in [1.54, 1.807) is 60.6 Å². The minimum Gasteiger partial charge on any atom is -0.478 e. The van der Waals surface area contributed by atoms with Gasteiger partial charge in [0.05, 0.1) is 10.8 Å². The maximum absolute atomic E-state index is 13.1. The van der Waals surface area contributed by atoms with Gasteiger partial charge in [0.1, 0.15) is 5.75 Å². The minimum atomic E-state index is -4.38. The average Bonchev–Trinajstić information content (AvgIpc) is 2.66. The molecule has 0 fully saturated rings. The molecule has 0 saturated carbocycles. The van der Waals surface area contributed by atoms with Gasteiger partial charge in [0.15, 0.2) is 0 Å². The first-order chi connectivity index (χ1) is 15.0. The maximum Gasteiger partial charge on any atom is 0.535 e. The average molecular weight is 486 g/mol. The minimum absolute atomic E-state index is 0.0644. The van der Waals surface area contributed by atoms with Gasteiger partial charge in [-0.15, -0.1) is 0 Å². The van der Waals surface area contributed by atoms with Crippen molar-refractivity contribution in [3.05, 3.63) is 35.9 Å². The molecule has 10 nitrogen and oxygen atoms in total. The second-order valence-corrected chi connectivity index (χ2v) is 10.7. The van der Waals surface area contributed by atoms with Gasteiger partial charge in [0, 0.05) is 6.08 Å². The van der Waals surface area contributed by atoms with Crippen molar-refractivity contribution in [3.8, 4) is 5.75 Å². The third-order valence-corrected chi connectivity index (χ3v) is 5.17. The summed E-state index contributed by atoms with van der Waals surface area (Å²) in [5.74, 6) is -2.22. The van der Waals surface area contributed by atoms with E-state index in [-0.39, 0.29) is 5.75 Å². The van der Waals surface area contributed by atoms with E-state index >= 15 is 0 Å². The molecular weight excluding hydrogens is 455 g/mol. The highest BCUT2D eigenvalue weighted by Crippen LogP contribution is 2.49. The number of ether oxygens (including phenoxy) is 2. The smallest absolute Gasteiger partial charge is 0.478 e. The van der Waals surface area contributed by atoms with Crippen LogP contribution in [0.1, 0.15) is 54.0 Å². The molecule has 0 amide bonds. The van der Waals surface area contributed by atoms with Crippen LogP contribution in [0.25, 0.3) is 5.57 Å². The first-order valence-corrected chi connectivity index (χ1v) is 11.4. The van der Waals surface area contributed by atoms with Crippen molar-refractivity contribution in [2.75, 3.05) is 13.6 Å². The Morgan fingerprint density at radius 3 is 1.67 bits per heavy atom. The molecule has 0 aliphatic heterocycles. The van der Waals surface area contributed by atoms with Crippen LogP contribution >= 0.6 is 7.82 Å². The summed E-state index contributed by atoms with van der Waals surface area (Å²) in [6.07, 6.45) is 1.04. The number of hydrogen-bond acceptors (Lipinski definition) is 9. The Morgan fingerprint density at radius 2 is 1.30 bits per heavy atom. The fraction of sp³-hybridized carbons (Fsp3) is 0.500. The van der Waals surface area contributed by atoms with Crippen molar-refractivity contribution in [2.24, 2.45) is 10.8 Å². The molecular formula is C22H31O10P. The van der Waals surface area contributed by atoms with Gasteiger partial charge < -0.3 is 19.1 Å². The lowest BCUT2D eigenvalue weighted by atomic mass is 9.98. The molecule has 0 heterocycles. The van der Waals surface area contributed by atoms with E-state index in [9.17, 15) is 18.9 Å². The Morgan fingerprint density at radius 1 is 0.879 bits per heavy atom. The summed E-state index contributed by atoms with van der Waals surface area (Å²) < 4.78 is 38.5. The Bertz CT molecular complexity index is 884.